The molecule has 0 amide bonds. The van der Waals surface area contributed by atoms with Gasteiger partial charge in [-0.1, -0.05) is 57.9 Å². The van der Waals surface area contributed by atoms with Crippen LogP contribution in [0.5, 0.6) is 0 Å². The van der Waals surface area contributed by atoms with E-state index in [1.807, 2.05) is 0 Å². The van der Waals surface area contributed by atoms with Crippen molar-refractivity contribution in [3.63, 3.8) is 0 Å². The van der Waals surface area contributed by atoms with Crippen LogP contribution >= 0.6 is 23.5 Å². The van der Waals surface area contributed by atoms with Crippen LogP contribution in [0.15, 0.2) is 29.3 Å². The van der Waals surface area contributed by atoms with Gasteiger partial charge in [-0.25, -0.2) is 4.99 Å². The summed E-state index contributed by atoms with van der Waals surface area (Å²) in [6, 6.07) is 13.4. The number of aliphatic imine (C=N–C) groups is 1. The van der Waals surface area contributed by atoms with Crippen LogP contribution in [-0.2, 0) is 6.42 Å². The van der Waals surface area contributed by atoms with Crippen LogP contribution < -0.4 is 5.73 Å². The average Bonchev–Trinajstić information content (AvgIpc) is 3.32. The minimum absolute atomic E-state index is 0.225. The summed E-state index contributed by atoms with van der Waals surface area (Å²) >= 11 is 3.45. The Morgan fingerprint density at radius 2 is 1.59 bits per heavy atom. The van der Waals surface area contributed by atoms with Gasteiger partial charge in [0.25, 0.3) is 0 Å². The topological polar surface area (TPSA) is 86.0 Å². The molecule has 1 aliphatic heterocycles. The number of rotatable bonds is 10. The zero-order valence-electron chi connectivity index (χ0n) is 17.6. The third-order valence-electron chi connectivity index (χ3n) is 6.24. The second-order valence-electron chi connectivity index (χ2n) is 7.85. The number of hydrogen-bond acceptors (Lipinski definition) is 6. The highest BCUT2D eigenvalue weighted by Gasteiger charge is 2.91. The SMILES string of the molecule is CCCCSC1(SCCCC)N=C(N)C2(C#N)C(c3ccc(CC)cc3)C12C#N. The summed E-state index contributed by atoms with van der Waals surface area (Å²) in [5.41, 5.74) is 6.79. The standard InChI is InChI=1S/C23H30N4S2/c1-4-7-13-28-23(29-14-8-5-2)22(16-25)19(21(22,15-24)20(26)27-23)18-11-9-17(6-3)10-12-18/h9-12,19H,4-8,13-14H2,1-3H3,(H2,26,27). The Morgan fingerprint density at radius 3 is 2.03 bits per heavy atom. The van der Waals surface area contributed by atoms with Gasteiger partial charge in [-0.05, 0) is 41.9 Å². The van der Waals surface area contributed by atoms with Crippen LogP contribution in [0.2, 0.25) is 0 Å². The van der Waals surface area contributed by atoms with E-state index in [-0.39, 0.29) is 5.92 Å². The second kappa shape index (κ2) is 8.62. The van der Waals surface area contributed by atoms with Gasteiger partial charge in [-0.2, -0.15) is 10.5 Å². The molecular weight excluding hydrogens is 396 g/mol. The van der Waals surface area contributed by atoms with Gasteiger partial charge in [-0.3, -0.25) is 0 Å². The van der Waals surface area contributed by atoms with Gasteiger partial charge >= 0.3 is 0 Å². The van der Waals surface area contributed by atoms with Crippen molar-refractivity contribution in [3.05, 3.63) is 35.4 Å². The van der Waals surface area contributed by atoms with Gasteiger partial charge in [0.15, 0.2) is 4.20 Å². The summed E-state index contributed by atoms with van der Waals surface area (Å²) < 4.78 is -0.708. The predicted molar refractivity (Wildman–Crippen MR) is 124 cm³/mol. The highest BCUT2D eigenvalue weighted by Crippen LogP contribution is 2.85. The van der Waals surface area contributed by atoms with E-state index in [2.05, 4.69) is 57.2 Å². The summed E-state index contributed by atoms with van der Waals surface area (Å²) in [4.78, 5) is 4.87. The number of nitrogens with two attached hydrogens (primary N) is 1. The van der Waals surface area contributed by atoms with Crippen LogP contribution in [0.25, 0.3) is 0 Å². The Labute approximate surface area is 183 Å². The first-order valence-electron chi connectivity index (χ1n) is 10.6. The minimum atomic E-state index is -1.02. The van der Waals surface area contributed by atoms with Crippen molar-refractivity contribution in [2.45, 2.75) is 63.0 Å². The summed E-state index contributed by atoms with van der Waals surface area (Å²) in [5, 5.41) is 20.8. The number of fused-ring (bicyclic) bond motifs is 1. The molecule has 4 nitrogen and oxygen atoms in total. The molecule has 1 aromatic carbocycles. The molecule has 1 aromatic rings. The number of aryl methyl sites for hydroxylation is 1. The van der Waals surface area contributed by atoms with Gasteiger partial charge < -0.3 is 5.73 Å². The van der Waals surface area contributed by atoms with Crippen molar-refractivity contribution in [1.82, 2.24) is 0 Å². The summed E-state index contributed by atoms with van der Waals surface area (Å²) in [5.74, 6) is 1.95. The summed E-state index contributed by atoms with van der Waals surface area (Å²) in [6.07, 6.45) is 5.27. The highest BCUT2D eigenvalue weighted by molar-refractivity contribution is 8.18. The third kappa shape index (κ3) is 3.07. The molecule has 3 atom stereocenters. The fourth-order valence-corrected chi connectivity index (χ4v) is 8.20. The molecule has 3 rings (SSSR count). The monoisotopic (exact) mass is 426 g/mol. The van der Waals surface area contributed by atoms with E-state index in [9.17, 15) is 10.5 Å². The van der Waals surface area contributed by atoms with E-state index in [4.69, 9.17) is 10.7 Å². The zero-order valence-corrected chi connectivity index (χ0v) is 19.2. The number of benzene rings is 1. The first-order valence-corrected chi connectivity index (χ1v) is 12.6. The maximum Gasteiger partial charge on any atom is 0.175 e. The number of nitrogens with zero attached hydrogens (tertiary/aromatic N) is 3. The van der Waals surface area contributed by atoms with Crippen molar-refractivity contribution < 1.29 is 0 Å². The van der Waals surface area contributed by atoms with Gasteiger partial charge in [0, 0.05) is 5.92 Å². The normalized spacial score (nSPS) is 28.9. The highest BCUT2D eigenvalue weighted by atomic mass is 32.2. The van der Waals surface area contributed by atoms with Gasteiger partial charge in [-0.15, -0.1) is 23.5 Å². The molecule has 154 valence electrons. The van der Waals surface area contributed by atoms with Crippen molar-refractivity contribution in [2.75, 3.05) is 11.5 Å². The molecule has 6 heteroatoms. The minimum Gasteiger partial charge on any atom is -0.386 e. The van der Waals surface area contributed by atoms with E-state index in [0.717, 1.165) is 49.2 Å². The molecule has 0 aromatic heterocycles. The average molecular weight is 427 g/mol. The van der Waals surface area contributed by atoms with Crippen molar-refractivity contribution in [3.8, 4) is 12.1 Å². The fraction of sp³-hybridized carbons (Fsp3) is 0.609. The quantitative estimate of drug-likeness (QED) is 0.397. The lowest BCUT2D eigenvalue weighted by Crippen LogP contribution is -2.32. The largest absolute Gasteiger partial charge is 0.386 e. The molecule has 3 unspecified atom stereocenters. The molecule has 0 saturated heterocycles. The maximum atomic E-state index is 10.5. The third-order valence-corrected chi connectivity index (χ3v) is 9.54. The van der Waals surface area contributed by atoms with Crippen molar-refractivity contribution >= 4 is 29.4 Å². The van der Waals surface area contributed by atoms with Crippen LogP contribution in [0, 0.1) is 33.5 Å². The molecule has 2 aliphatic rings. The van der Waals surface area contributed by atoms with Crippen LogP contribution in [0.4, 0.5) is 0 Å². The maximum absolute atomic E-state index is 10.5. The van der Waals surface area contributed by atoms with Gasteiger partial charge in [0.2, 0.25) is 0 Å². The molecule has 2 N–H and O–H groups in total. The van der Waals surface area contributed by atoms with E-state index in [1.165, 1.54) is 5.56 Å². The Hall–Kier alpha value is -1.63. The molecule has 1 aliphatic carbocycles. The van der Waals surface area contributed by atoms with E-state index >= 15 is 0 Å². The Bertz CT molecular complexity index is 841. The number of thioether (sulfide) groups is 2. The molecule has 1 fully saturated rings. The first-order chi connectivity index (χ1) is 14.0. The molecule has 1 heterocycles. The molecule has 0 radical (unpaired) electrons. The predicted octanol–water partition coefficient (Wildman–Crippen LogP) is 5.46. The summed E-state index contributed by atoms with van der Waals surface area (Å²) in [7, 11) is 0. The Morgan fingerprint density at radius 1 is 1.00 bits per heavy atom. The van der Waals surface area contributed by atoms with E-state index in [0.29, 0.717) is 5.84 Å². The van der Waals surface area contributed by atoms with Gasteiger partial charge in [0.05, 0.1) is 12.1 Å². The molecular formula is C23H30N4S2. The van der Waals surface area contributed by atoms with Gasteiger partial charge in [0.1, 0.15) is 16.7 Å². The number of hydrogen-bond donors (Lipinski definition) is 1. The molecule has 29 heavy (non-hydrogen) atoms. The zero-order chi connectivity index (χ0) is 21.1. The number of nitriles is 2. The molecule has 0 spiro atoms. The number of amidine groups is 1. The smallest absolute Gasteiger partial charge is 0.175 e. The molecule has 1 saturated carbocycles. The van der Waals surface area contributed by atoms with Crippen LogP contribution in [0.3, 0.4) is 0 Å². The number of unbranched alkanes of at least 4 members (excludes halogenated alkanes) is 2. The lowest BCUT2D eigenvalue weighted by molar-refractivity contribution is 0.562. The lowest BCUT2D eigenvalue weighted by atomic mass is 9.97. The fourth-order valence-electron chi connectivity index (χ4n) is 4.51. The second-order valence-corrected chi connectivity index (χ2v) is 10.7. The van der Waals surface area contributed by atoms with E-state index < -0.39 is 15.0 Å². The Kier molecular flexibility index (Phi) is 6.56. The van der Waals surface area contributed by atoms with Crippen LogP contribution in [-0.4, -0.2) is 21.5 Å². The molecule has 0 bridgehead atoms. The van der Waals surface area contributed by atoms with Crippen molar-refractivity contribution in [2.24, 2.45) is 21.6 Å². The summed E-state index contributed by atoms with van der Waals surface area (Å²) in [6.45, 7) is 6.45. The lowest BCUT2D eigenvalue weighted by Gasteiger charge is -2.32. The first kappa shape index (κ1) is 22.1. The van der Waals surface area contributed by atoms with E-state index in [1.54, 1.807) is 23.5 Å². The van der Waals surface area contributed by atoms with Crippen LogP contribution in [0.1, 0.15) is 63.5 Å². The van der Waals surface area contributed by atoms with Crippen molar-refractivity contribution in [1.29, 1.82) is 10.5 Å². The Balaban J connectivity index is 2.07.